The second-order valence-corrected chi connectivity index (χ2v) is 8.13. The molecule has 0 amide bonds. The number of aliphatic hydroxyl groups is 1. The fourth-order valence-corrected chi connectivity index (χ4v) is 4.01. The summed E-state index contributed by atoms with van der Waals surface area (Å²) >= 11 is 0. The van der Waals surface area contributed by atoms with Gasteiger partial charge in [0.05, 0.1) is 12.0 Å². The molecule has 0 unspecified atom stereocenters. The first-order chi connectivity index (χ1) is 14.4. The van der Waals surface area contributed by atoms with Gasteiger partial charge in [-0.3, -0.25) is 0 Å². The lowest BCUT2D eigenvalue weighted by Crippen LogP contribution is -2.35. The van der Waals surface area contributed by atoms with Crippen LogP contribution in [-0.2, 0) is 0 Å². The average Bonchev–Trinajstić information content (AvgIpc) is 3.12. The van der Waals surface area contributed by atoms with Crippen LogP contribution in [0.15, 0.2) is 24.8 Å². The first kappa shape index (κ1) is 20.1. The zero-order valence-corrected chi connectivity index (χ0v) is 17.2. The van der Waals surface area contributed by atoms with E-state index in [1.807, 2.05) is 4.57 Å². The van der Waals surface area contributed by atoms with Crippen molar-refractivity contribution in [2.45, 2.75) is 51.6 Å². The Morgan fingerprint density at radius 2 is 2.10 bits per heavy atom. The number of nitrogens with two attached hydrogens (primary N) is 1. The molecule has 1 aliphatic rings. The summed E-state index contributed by atoms with van der Waals surface area (Å²) in [6, 6.07) is 1.94. The first-order valence-electron chi connectivity index (χ1n) is 10.3. The van der Waals surface area contributed by atoms with Gasteiger partial charge < -0.3 is 31.2 Å². The lowest BCUT2D eigenvalue weighted by Gasteiger charge is -2.30. The highest BCUT2D eigenvalue weighted by Gasteiger charge is 2.26. The molecular weight excluding hydrogens is 384 g/mol. The molecule has 0 aromatic carbocycles. The largest absolute Gasteiger partial charge is 0.619 e. The second kappa shape index (κ2) is 8.31. The van der Waals surface area contributed by atoms with Gasteiger partial charge in [0.1, 0.15) is 5.69 Å². The van der Waals surface area contributed by atoms with E-state index in [-0.39, 0.29) is 24.6 Å². The van der Waals surface area contributed by atoms with Crippen molar-refractivity contribution in [3.63, 3.8) is 0 Å². The van der Waals surface area contributed by atoms with Crippen LogP contribution in [0.3, 0.4) is 0 Å². The summed E-state index contributed by atoms with van der Waals surface area (Å²) in [5, 5.41) is 28.1. The first-order valence-corrected chi connectivity index (χ1v) is 10.3. The third-order valence-corrected chi connectivity index (χ3v) is 5.56. The van der Waals surface area contributed by atoms with E-state index in [0.717, 1.165) is 25.7 Å². The van der Waals surface area contributed by atoms with Crippen LogP contribution in [0.5, 0.6) is 0 Å². The highest BCUT2D eigenvalue weighted by Crippen LogP contribution is 2.29. The van der Waals surface area contributed by atoms with E-state index in [0.29, 0.717) is 39.0 Å². The van der Waals surface area contributed by atoms with Gasteiger partial charge in [-0.15, -0.1) is 0 Å². The van der Waals surface area contributed by atoms with Gasteiger partial charge in [0, 0.05) is 24.6 Å². The normalized spacial score (nSPS) is 19.3. The summed E-state index contributed by atoms with van der Waals surface area (Å²) in [4.78, 5) is 13.9. The molecule has 3 aromatic heterocycles. The maximum Gasteiger partial charge on any atom is 0.227 e. The molecule has 0 radical (unpaired) electrons. The van der Waals surface area contributed by atoms with E-state index in [9.17, 15) is 10.3 Å². The van der Waals surface area contributed by atoms with Crippen LogP contribution in [0, 0.1) is 11.1 Å². The number of aliphatic hydroxyl groups excluding tert-OH is 1. The topological polar surface area (TPSA) is 141 Å². The molecule has 2 atom stereocenters. The van der Waals surface area contributed by atoms with Crippen molar-refractivity contribution < 1.29 is 9.84 Å². The smallest absolute Gasteiger partial charge is 0.227 e. The second-order valence-electron chi connectivity index (χ2n) is 8.13. The molecule has 3 heterocycles. The monoisotopic (exact) mass is 412 g/mol. The molecule has 3 aromatic rings. The van der Waals surface area contributed by atoms with Crippen LogP contribution in [0.2, 0.25) is 0 Å². The Balaban J connectivity index is 1.74. The van der Waals surface area contributed by atoms with Crippen LogP contribution in [0.4, 0.5) is 23.1 Å². The van der Waals surface area contributed by atoms with Crippen molar-refractivity contribution in [3.8, 4) is 0 Å². The van der Waals surface area contributed by atoms with E-state index in [1.165, 1.54) is 12.4 Å². The third kappa shape index (κ3) is 4.09. The minimum atomic E-state index is 0.112. The molecule has 160 valence electrons. The fraction of sp³-hybridized carbons (Fsp3) is 0.500. The highest BCUT2D eigenvalue weighted by atomic mass is 16.5. The molecule has 10 heteroatoms. The molecule has 1 saturated carbocycles. The van der Waals surface area contributed by atoms with Crippen LogP contribution in [-0.4, -0.2) is 37.3 Å². The number of nitrogens with one attached hydrogen (secondary N) is 2. The molecule has 0 spiro atoms. The minimum Gasteiger partial charge on any atom is -0.619 e. The van der Waals surface area contributed by atoms with Gasteiger partial charge >= 0.3 is 0 Å². The molecule has 0 saturated heterocycles. The molecular formula is C20H28N8O2. The predicted octanol–water partition coefficient (Wildman–Crippen LogP) is 2.33. The van der Waals surface area contributed by atoms with E-state index >= 15 is 0 Å². The number of pyridine rings is 1. The van der Waals surface area contributed by atoms with Crippen LogP contribution >= 0.6 is 0 Å². The van der Waals surface area contributed by atoms with Gasteiger partial charge in [-0.05, 0) is 32.8 Å². The zero-order valence-electron chi connectivity index (χ0n) is 17.2. The van der Waals surface area contributed by atoms with Gasteiger partial charge in [-0.25, -0.2) is 4.98 Å². The van der Waals surface area contributed by atoms with E-state index in [2.05, 4.69) is 34.4 Å². The highest BCUT2D eigenvalue weighted by molar-refractivity contribution is 5.86. The Bertz CT molecular complexity index is 1010. The zero-order chi connectivity index (χ0) is 21.3. The van der Waals surface area contributed by atoms with Gasteiger partial charge in [-0.2, -0.15) is 14.7 Å². The fourth-order valence-electron chi connectivity index (χ4n) is 4.01. The maximum atomic E-state index is 11.8. The molecule has 4 rings (SSSR count). The molecule has 30 heavy (non-hydrogen) atoms. The molecule has 1 fully saturated rings. The van der Waals surface area contributed by atoms with E-state index in [1.54, 1.807) is 12.4 Å². The van der Waals surface area contributed by atoms with Crippen molar-refractivity contribution >= 4 is 34.3 Å². The lowest BCUT2D eigenvalue weighted by atomic mass is 9.85. The van der Waals surface area contributed by atoms with E-state index in [4.69, 9.17) is 10.7 Å². The predicted molar refractivity (Wildman–Crippen MR) is 115 cm³/mol. The molecule has 5 N–H and O–H groups in total. The lowest BCUT2D eigenvalue weighted by molar-refractivity contribution is -0.603. The summed E-state index contributed by atoms with van der Waals surface area (Å²) in [6.07, 6.45) is 8.60. The Kier molecular flexibility index (Phi) is 5.58. The minimum absolute atomic E-state index is 0.112. The Labute approximate surface area is 174 Å². The molecule has 1 aliphatic carbocycles. The summed E-state index contributed by atoms with van der Waals surface area (Å²) in [5.41, 5.74) is 7.97. The molecule has 0 bridgehead atoms. The summed E-state index contributed by atoms with van der Waals surface area (Å²) in [6.45, 7) is 4.26. The third-order valence-electron chi connectivity index (χ3n) is 5.56. The van der Waals surface area contributed by atoms with E-state index < -0.39 is 0 Å². The summed E-state index contributed by atoms with van der Waals surface area (Å²) in [5.74, 6) is 1.14. The number of fused-ring (bicyclic) bond motifs is 1. The van der Waals surface area contributed by atoms with Gasteiger partial charge in [0.25, 0.3) is 0 Å². The maximum absolute atomic E-state index is 11.8. The van der Waals surface area contributed by atoms with Gasteiger partial charge in [0.15, 0.2) is 17.0 Å². The standard InChI is InChI=1S/C20H28N8O2/c1-12(2)28-11-22-17-18(23-15-7-14(21)8-27(30)9-15)25-20(26-19(17)28)24-16-6-4-3-5-13(16)10-29/h7-9,11-13,16,29H,3-6,10,21H2,1-2H3,(H2,23,24,25,26)/t13-,16-/m1/s1. The number of hydrogen-bond donors (Lipinski definition) is 4. The Hall–Kier alpha value is -3.14. The Morgan fingerprint density at radius 1 is 1.30 bits per heavy atom. The molecule has 0 aliphatic heterocycles. The quantitative estimate of drug-likeness (QED) is 0.357. The summed E-state index contributed by atoms with van der Waals surface area (Å²) in [7, 11) is 0. The van der Waals surface area contributed by atoms with Crippen molar-refractivity contribution in [3.05, 3.63) is 30.0 Å². The van der Waals surface area contributed by atoms with Crippen LogP contribution < -0.4 is 21.1 Å². The van der Waals surface area contributed by atoms with Crippen molar-refractivity contribution in [1.29, 1.82) is 0 Å². The average molecular weight is 412 g/mol. The van der Waals surface area contributed by atoms with Gasteiger partial charge in [-0.1, -0.05) is 12.8 Å². The van der Waals surface area contributed by atoms with Crippen LogP contribution in [0.1, 0.15) is 45.6 Å². The number of nitrogen functional groups attached to an aromatic ring is 1. The van der Waals surface area contributed by atoms with Crippen molar-refractivity contribution in [1.82, 2.24) is 19.5 Å². The number of hydrogen-bond acceptors (Lipinski definition) is 8. The van der Waals surface area contributed by atoms with Crippen molar-refractivity contribution in [2.24, 2.45) is 5.92 Å². The number of nitrogens with zero attached hydrogens (tertiary/aromatic N) is 5. The number of imidazole rings is 1. The summed E-state index contributed by atoms with van der Waals surface area (Å²) < 4.78 is 2.63. The number of anilines is 4. The Morgan fingerprint density at radius 3 is 2.83 bits per heavy atom. The SMILES string of the molecule is CC(C)n1cnc2c(Nc3cc(N)c[n+]([O-])c3)nc(N[C@@H]3CCCC[C@@H]3CO)nc21. The number of aromatic nitrogens is 5. The molecule has 10 nitrogen and oxygen atoms in total. The van der Waals surface area contributed by atoms with Crippen LogP contribution in [0.25, 0.3) is 11.2 Å². The van der Waals surface area contributed by atoms with Gasteiger partial charge in [0.2, 0.25) is 18.3 Å². The number of rotatable bonds is 6. The van der Waals surface area contributed by atoms with Crippen molar-refractivity contribution in [2.75, 3.05) is 23.0 Å².